The molecule has 0 spiro atoms. The van der Waals surface area contributed by atoms with E-state index in [2.05, 4.69) is 15.3 Å². The summed E-state index contributed by atoms with van der Waals surface area (Å²) in [5.41, 5.74) is 4.29. The molecule has 0 amide bonds. The Morgan fingerprint density at radius 3 is 2.58 bits per heavy atom. The Kier molecular flexibility index (Phi) is 3.93. The SMILES string of the molecule is Cc1nn(-c2ccccc2)c(C)c1N=Nc1ccc2oc(=O)ccc2c1. The maximum Gasteiger partial charge on any atom is 0.336 e. The van der Waals surface area contributed by atoms with Gasteiger partial charge in [-0.15, -0.1) is 5.11 Å². The van der Waals surface area contributed by atoms with Crippen LogP contribution in [0, 0.1) is 13.8 Å². The minimum atomic E-state index is -0.369. The Bertz CT molecular complexity index is 1170. The first-order valence-electron chi connectivity index (χ1n) is 8.19. The van der Waals surface area contributed by atoms with Crippen molar-refractivity contribution in [2.45, 2.75) is 13.8 Å². The molecular weight excluding hydrogens is 328 g/mol. The van der Waals surface area contributed by atoms with E-state index in [4.69, 9.17) is 4.42 Å². The molecule has 26 heavy (non-hydrogen) atoms. The number of hydrogen-bond acceptors (Lipinski definition) is 5. The molecule has 0 radical (unpaired) electrons. The van der Waals surface area contributed by atoms with Crippen LogP contribution < -0.4 is 5.63 Å². The molecule has 0 bridgehead atoms. The van der Waals surface area contributed by atoms with Crippen molar-refractivity contribution in [1.82, 2.24) is 9.78 Å². The van der Waals surface area contributed by atoms with Gasteiger partial charge in [0.2, 0.25) is 0 Å². The predicted octanol–water partition coefficient (Wildman–Crippen LogP) is 5.01. The summed E-state index contributed by atoms with van der Waals surface area (Å²) in [6.07, 6.45) is 0. The van der Waals surface area contributed by atoms with Crippen molar-refractivity contribution in [3.63, 3.8) is 0 Å². The Hall–Kier alpha value is -3.54. The number of aromatic nitrogens is 2. The summed E-state index contributed by atoms with van der Waals surface area (Å²) in [7, 11) is 0. The number of rotatable bonds is 3. The highest BCUT2D eigenvalue weighted by molar-refractivity contribution is 5.79. The predicted molar refractivity (Wildman–Crippen MR) is 99.7 cm³/mol. The summed E-state index contributed by atoms with van der Waals surface area (Å²) in [5, 5.41) is 14.1. The molecule has 6 nitrogen and oxygen atoms in total. The maximum atomic E-state index is 11.3. The fraction of sp³-hybridized carbons (Fsp3) is 0.100. The van der Waals surface area contributed by atoms with Gasteiger partial charge in [-0.3, -0.25) is 0 Å². The molecule has 0 saturated carbocycles. The standard InChI is InChI=1S/C20H16N4O2/c1-13-20(14(2)24(23-13)17-6-4-3-5-7-17)22-21-16-9-10-18-15(12-16)8-11-19(25)26-18/h3-12H,1-2H3. The van der Waals surface area contributed by atoms with Crippen molar-refractivity contribution in [3.05, 3.63) is 82.5 Å². The monoisotopic (exact) mass is 344 g/mol. The number of azo groups is 1. The number of hydrogen-bond donors (Lipinski definition) is 0. The third-order valence-corrected chi connectivity index (χ3v) is 4.12. The fourth-order valence-electron chi connectivity index (χ4n) is 2.83. The second kappa shape index (κ2) is 6.40. The molecule has 0 atom stereocenters. The first-order valence-corrected chi connectivity index (χ1v) is 8.19. The summed E-state index contributed by atoms with van der Waals surface area (Å²) in [6.45, 7) is 3.88. The minimum absolute atomic E-state index is 0.369. The average molecular weight is 344 g/mol. The van der Waals surface area contributed by atoms with Gasteiger partial charge in [0.25, 0.3) is 0 Å². The molecule has 2 heterocycles. The van der Waals surface area contributed by atoms with Crippen LogP contribution in [0.15, 0.2) is 80.1 Å². The lowest BCUT2D eigenvalue weighted by atomic mass is 10.2. The Morgan fingerprint density at radius 1 is 0.962 bits per heavy atom. The highest BCUT2D eigenvalue weighted by Gasteiger charge is 2.12. The topological polar surface area (TPSA) is 72.8 Å². The first-order chi connectivity index (χ1) is 12.6. The van der Waals surface area contributed by atoms with Crippen molar-refractivity contribution in [2.75, 3.05) is 0 Å². The molecule has 0 saturated heterocycles. The third-order valence-electron chi connectivity index (χ3n) is 4.12. The molecule has 128 valence electrons. The summed E-state index contributed by atoms with van der Waals surface area (Å²) >= 11 is 0. The van der Waals surface area contributed by atoms with E-state index in [1.54, 1.807) is 18.2 Å². The zero-order valence-corrected chi connectivity index (χ0v) is 14.4. The molecule has 2 aromatic heterocycles. The van der Waals surface area contributed by atoms with Gasteiger partial charge >= 0.3 is 5.63 Å². The largest absolute Gasteiger partial charge is 0.423 e. The van der Waals surface area contributed by atoms with Crippen LogP contribution in [0.25, 0.3) is 16.7 Å². The number of nitrogens with zero attached hydrogens (tertiary/aromatic N) is 4. The second-order valence-electron chi connectivity index (χ2n) is 5.94. The van der Waals surface area contributed by atoms with Crippen LogP contribution in [-0.4, -0.2) is 9.78 Å². The molecule has 0 unspecified atom stereocenters. The van der Waals surface area contributed by atoms with Crippen molar-refractivity contribution >= 4 is 22.3 Å². The lowest BCUT2D eigenvalue weighted by Crippen LogP contribution is -1.98. The summed E-state index contributed by atoms with van der Waals surface area (Å²) in [4.78, 5) is 11.3. The van der Waals surface area contributed by atoms with E-state index >= 15 is 0 Å². The summed E-state index contributed by atoms with van der Waals surface area (Å²) in [5.74, 6) is 0. The molecule has 0 aliphatic heterocycles. The van der Waals surface area contributed by atoms with Gasteiger partial charge < -0.3 is 4.42 Å². The van der Waals surface area contributed by atoms with E-state index in [-0.39, 0.29) is 5.63 Å². The van der Waals surface area contributed by atoms with Crippen molar-refractivity contribution in [1.29, 1.82) is 0 Å². The highest BCUT2D eigenvalue weighted by Crippen LogP contribution is 2.28. The fourth-order valence-corrected chi connectivity index (χ4v) is 2.83. The van der Waals surface area contributed by atoms with Crippen LogP contribution in [0.4, 0.5) is 11.4 Å². The third kappa shape index (κ3) is 2.93. The normalized spacial score (nSPS) is 11.5. The van der Waals surface area contributed by atoms with Gasteiger partial charge in [0, 0.05) is 11.5 Å². The quantitative estimate of drug-likeness (QED) is 0.387. The van der Waals surface area contributed by atoms with E-state index in [1.807, 2.05) is 54.9 Å². The van der Waals surface area contributed by atoms with Crippen LogP contribution in [0.2, 0.25) is 0 Å². The minimum Gasteiger partial charge on any atom is -0.423 e. The maximum absolute atomic E-state index is 11.3. The van der Waals surface area contributed by atoms with E-state index < -0.39 is 0 Å². The van der Waals surface area contributed by atoms with Crippen LogP contribution in [0.5, 0.6) is 0 Å². The second-order valence-corrected chi connectivity index (χ2v) is 5.94. The summed E-state index contributed by atoms with van der Waals surface area (Å²) in [6, 6.07) is 18.3. The van der Waals surface area contributed by atoms with Gasteiger partial charge in [0.05, 0.1) is 22.8 Å². The van der Waals surface area contributed by atoms with E-state index in [1.165, 1.54) is 6.07 Å². The van der Waals surface area contributed by atoms with Gasteiger partial charge in [-0.05, 0) is 50.2 Å². The van der Waals surface area contributed by atoms with Crippen LogP contribution >= 0.6 is 0 Å². The van der Waals surface area contributed by atoms with Gasteiger partial charge in [-0.25, -0.2) is 9.48 Å². The molecule has 2 aromatic carbocycles. The molecule has 0 aliphatic rings. The molecule has 4 rings (SSSR count). The molecular formula is C20H16N4O2. The molecule has 0 aliphatic carbocycles. The van der Waals surface area contributed by atoms with Gasteiger partial charge in [-0.1, -0.05) is 18.2 Å². The van der Waals surface area contributed by atoms with Crippen molar-refractivity contribution in [2.24, 2.45) is 10.2 Å². The molecule has 0 N–H and O–H groups in total. The van der Waals surface area contributed by atoms with E-state index in [0.29, 0.717) is 11.3 Å². The zero-order valence-electron chi connectivity index (χ0n) is 14.4. The smallest absolute Gasteiger partial charge is 0.336 e. The summed E-state index contributed by atoms with van der Waals surface area (Å²) < 4.78 is 6.99. The Labute approximate surface area is 149 Å². The number of fused-ring (bicyclic) bond motifs is 1. The lowest BCUT2D eigenvalue weighted by molar-refractivity contribution is 0.561. The van der Waals surface area contributed by atoms with Gasteiger partial charge in [-0.2, -0.15) is 10.2 Å². The van der Waals surface area contributed by atoms with Crippen LogP contribution in [-0.2, 0) is 0 Å². The Balaban J connectivity index is 1.70. The lowest BCUT2D eigenvalue weighted by Gasteiger charge is -2.03. The van der Waals surface area contributed by atoms with Gasteiger partial charge in [0.15, 0.2) is 0 Å². The zero-order chi connectivity index (χ0) is 18.1. The number of para-hydroxylation sites is 1. The highest BCUT2D eigenvalue weighted by atomic mass is 16.4. The molecule has 4 aromatic rings. The van der Waals surface area contributed by atoms with E-state index in [9.17, 15) is 4.79 Å². The number of benzene rings is 2. The van der Waals surface area contributed by atoms with Gasteiger partial charge in [0.1, 0.15) is 11.3 Å². The first kappa shape index (κ1) is 16.0. The van der Waals surface area contributed by atoms with Crippen LogP contribution in [0.1, 0.15) is 11.4 Å². The number of aryl methyl sites for hydroxylation is 1. The van der Waals surface area contributed by atoms with Crippen LogP contribution in [0.3, 0.4) is 0 Å². The van der Waals surface area contributed by atoms with Crippen molar-refractivity contribution < 1.29 is 4.42 Å². The van der Waals surface area contributed by atoms with E-state index in [0.717, 1.165) is 28.1 Å². The Morgan fingerprint density at radius 2 is 1.77 bits per heavy atom. The molecule has 6 heteroatoms. The van der Waals surface area contributed by atoms with Crippen molar-refractivity contribution in [3.8, 4) is 5.69 Å². The average Bonchev–Trinajstić information content (AvgIpc) is 2.94. The molecule has 0 fully saturated rings.